The number of hydrogen-bond donors (Lipinski definition) is 2. The molecule has 0 bridgehead atoms. The maximum atomic E-state index is 9.57. The molecule has 0 saturated carbocycles. The first-order chi connectivity index (χ1) is 8.29. The van der Waals surface area contributed by atoms with Crippen LogP contribution in [0.2, 0.25) is 0 Å². The molecule has 0 unspecified atom stereocenters. The highest BCUT2D eigenvalue weighted by Gasteiger charge is 2.32. The van der Waals surface area contributed by atoms with Crippen LogP contribution in [0.15, 0.2) is 24.3 Å². The molecule has 1 aliphatic heterocycles. The summed E-state index contributed by atoms with van der Waals surface area (Å²) in [5.41, 5.74) is 1.03. The molecular formula is C13H16N2O2. The summed E-state index contributed by atoms with van der Waals surface area (Å²) in [6, 6.07) is 9.50. The molecule has 1 fully saturated rings. The van der Waals surface area contributed by atoms with Crippen LogP contribution in [0.3, 0.4) is 0 Å². The second-order valence-electron chi connectivity index (χ2n) is 4.33. The van der Waals surface area contributed by atoms with Gasteiger partial charge in [0.15, 0.2) is 0 Å². The Labute approximate surface area is 101 Å². The Bertz CT molecular complexity index is 420. The molecule has 17 heavy (non-hydrogen) atoms. The molecule has 0 amide bonds. The highest BCUT2D eigenvalue weighted by atomic mass is 16.5. The van der Waals surface area contributed by atoms with E-state index in [0.717, 1.165) is 18.5 Å². The van der Waals surface area contributed by atoms with Crippen LogP contribution in [0.5, 0.6) is 0 Å². The Morgan fingerprint density at radius 3 is 2.71 bits per heavy atom. The zero-order chi connectivity index (χ0) is 12.1. The molecule has 90 valence electrons. The summed E-state index contributed by atoms with van der Waals surface area (Å²) in [5.74, 6) is 0. The highest BCUT2D eigenvalue weighted by molar-refractivity contribution is 5.58. The van der Waals surface area contributed by atoms with Crippen molar-refractivity contribution in [1.82, 2.24) is 0 Å². The summed E-state index contributed by atoms with van der Waals surface area (Å²) in [6.45, 7) is 1.33. The number of nitrogens with zero attached hydrogens (tertiary/aromatic N) is 1. The van der Waals surface area contributed by atoms with Gasteiger partial charge in [-0.15, -0.1) is 0 Å². The van der Waals surface area contributed by atoms with Crippen molar-refractivity contribution in [2.24, 2.45) is 0 Å². The zero-order valence-electron chi connectivity index (χ0n) is 9.65. The monoisotopic (exact) mass is 232 g/mol. The predicted molar refractivity (Wildman–Crippen MR) is 64.6 cm³/mol. The number of aliphatic hydroxyl groups excluding tert-OH is 1. The maximum Gasteiger partial charge on any atom is 0.101 e. The summed E-state index contributed by atoms with van der Waals surface area (Å²) in [7, 11) is 0. The molecular weight excluding hydrogens is 216 g/mol. The Morgan fingerprint density at radius 1 is 1.35 bits per heavy atom. The van der Waals surface area contributed by atoms with Crippen molar-refractivity contribution >= 4 is 5.69 Å². The molecule has 1 heterocycles. The summed E-state index contributed by atoms with van der Waals surface area (Å²) < 4.78 is 5.30. The van der Waals surface area contributed by atoms with Gasteiger partial charge in [-0.2, -0.15) is 5.26 Å². The van der Waals surface area contributed by atoms with E-state index in [4.69, 9.17) is 10.00 Å². The van der Waals surface area contributed by atoms with E-state index in [0.29, 0.717) is 18.8 Å². The van der Waals surface area contributed by atoms with Crippen molar-refractivity contribution < 1.29 is 9.84 Å². The number of rotatable bonds is 3. The average Bonchev–Trinajstić information content (AvgIpc) is 2.40. The summed E-state index contributed by atoms with van der Waals surface area (Å²) in [4.78, 5) is 0. The lowest BCUT2D eigenvalue weighted by molar-refractivity contribution is 0.0380. The lowest BCUT2D eigenvalue weighted by atomic mass is 9.90. The van der Waals surface area contributed by atoms with Crippen molar-refractivity contribution in [2.45, 2.75) is 18.4 Å². The number of anilines is 1. The van der Waals surface area contributed by atoms with Crippen LogP contribution in [0.4, 0.5) is 5.69 Å². The summed E-state index contributed by atoms with van der Waals surface area (Å²) in [5, 5.41) is 21.9. The molecule has 4 nitrogen and oxygen atoms in total. The highest BCUT2D eigenvalue weighted by Crippen LogP contribution is 2.27. The van der Waals surface area contributed by atoms with Crippen LogP contribution >= 0.6 is 0 Å². The molecule has 2 N–H and O–H groups in total. The van der Waals surface area contributed by atoms with Gasteiger partial charge in [0, 0.05) is 13.2 Å². The van der Waals surface area contributed by atoms with Crippen LogP contribution in [-0.2, 0) is 4.74 Å². The van der Waals surface area contributed by atoms with Crippen molar-refractivity contribution in [2.75, 3.05) is 25.1 Å². The van der Waals surface area contributed by atoms with E-state index in [9.17, 15) is 5.11 Å². The molecule has 0 radical (unpaired) electrons. The van der Waals surface area contributed by atoms with E-state index in [1.165, 1.54) is 0 Å². The molecule has 1 aromatic carbocycles. The second-order valence-corrected chi connectivity index (χ2v) is 4.33. The van der Waals surface area contributed by atoms with Gasteiger partial charge in [0.1, 0.15) is 6.07 Å². The van der Waals surface area contributed by atoms with Gasteiger partial charge in [0.05, 0.1) is 23.4 Å². The molecule has 0 spiro atoms. The number of aliphatic hydroxyl groups is 1. The van der Waals surface area contributed by atoms with Crippen molar-refractivity contribution in [3.8, 4) is 6.07 Å². The lowest BCUT2D eigenvalue weighted by Crippen LogP contribution is -2.47. The third-order valence-electron chi connectivity index (χ3n) is 3.20. The van der Waals surface area contributed by atoms with E-state index >= 15 is 0 Å². The molecule has 1 aromatic rings. The third kappa shape index (κ3) is 2.57. The molecule has 0 aliphatic carbocycles. The third-order valence-corrected chi connectivity index (χ3v) is 3.20. The van der Waals surface area contributed by atoms with E-state index in [2.05, 4.69) is 11.4 Å². The molecule has 1 saturated heterocycles. The Hall–Kier alpha value is -1.57. The largest absolute Gasteiger partial charge is 0.394 e. The van der Waals surface area contributed by atoms with E-state index in [1.54, 1.807) is 6.07 Å². The van der Waals surface area contributed by atoms with E-state index in [1.807, 2.05) is 18.2 Å². The van der Waals surface area contributed by atoms with Crippen molar-refractivity contribution in [3.63, 3.8) is 0 Å². The van der Waals surface area contributed by atoms with Gasteiger partial charge in [0.25, 0.3) is 0 Å². The summed E-state index contributed by atoms with van der Waals surface area (Å²) >= 11 is 0. The lowest BCUT2D eigenvalue weighted by Gasteiger charge is -2.37. The maximum absolute atomic E-state index is 9.57. The fraction of sp³-hybridized carbons (Fsp3) is 0.462. The zero-order valence-corrected chi connectivity index (χ0v) is 9.65. The minimum absolute atomic E-state index is 0.0517. The minimum Gasteiger partial charge on any atom is -0.394 e. The van der Waals surface area contributed by atoms with Crippen LogP contribution < -0.4 is 5.32 Å². The van der Waals surface area contributed by atoms with Gasteiger partial charge in [-0.3, -0.25) is 0 Å². The number of para-hydroxylation sites is 1. The SMILES string of the molecule is N#Cc1ccccc1NC1(CO)CCOCC1. The molecule has 2 rings (SSSR count). The van der Waals surface area contributed by atoms with Gasteiger partial charge >= 0.3 is 0 Å². The minimum atomic E-state index is -0.356. The molecule has 0 aromatic heterocycles. The van der Waals surface area contributed by atoms with E-state index < -0.39 is 0 Å². The van der Waals surface area contributed by atoms with Crippen LogP contribution in [0, 0.1) is 11.3 Å². The Morgan fingerprint density at radius 2 is 2.06 bits per heavy atom. The number of hydrogen-bond acceptors (Lipinski definition) is 4. The second kappa shape index (κ2) is 5.17. The smallest absolute Gasteiger partial charge is 0.101 e. The van der Waals surface area contributed by atoms with Crippen LogP contribution in [-0.4, -0.2) is 30.5 Å². The number of nitrogens with one attached hydrogen (secondary N) is 1. The van der Waals surface area contributed by atoms with Gasteiger partial charge in [-0.25, -0.2) is 0 Å². The fourth-order valence-corrected chi connectivity index (χ4v) is 2.06. The van der Waals surface area contributed by atoms with Gasteiger partial charge in [-0.1, -0.05) is 12.1 Å². The van der Waals surface area contributed by atoms with E-state index in [-0.39, 0.29) is 12.1 Å². The topological polar surface area (TPSA) is 65.3 Å². The van der Waals surface area contributed by atoms with Gasteiger partial charge in [0.2, 0.25) is 0 Å². The first kappa shape index (κ1) is 11.9. The van der Waals surface area contributed by atoms with Crippen molar-refractivity contribution in [3.05, 3.63) is 29.8 Å². The first-order valence-corrected chi connectivity index (χ1v) is 5.76. The van der Waals surface area contributed by atoms with Crippen LogP contribution in [0.1, 0.15) is 18.4 Å². The quantitative estimate of drug-likeness (QED) is 0.829. The number of ether oxygens (including phenoxy) is 1. The number of nitriles is 1. The fourth-order valence-electron chi connectivity index (χ4n) is 2.06. The number of benzene rings is 1. The Balaban J connectivity index is 2.21. The predicted octanol–water partition coefficient (Wildman–Crippen LogP) is 1.51. The molecule has 0 atom stereocenters. The van der Waals surface area contributed by atoms with Gasteiger partial charge in [-0.05, 0) is 25.0 Å². The Kier molecular flexibility index (Phi) is 3.62. The average molecular weight is 232 g/mol. The standard InChI is InChI=1S/C13H16N2O2/c14-9-11-3-1-2-4-12(11)15-13(10-16)5-7-17-8-6-13/h1-4,15-16H,5-8,10H2. The molecule has 4 heteroatoms. The summed E-state index contributed by atoms with van der Waals surface area (Å²) in [6.07, 6.45) is 1.51. The normalized spacial score (nSPS) is 18.4. The van der Waals surface area contributed by atoms with Gasteiger partial charge < -0.3 is 15.2 Å². The molecule has 1 aliphatic rings. The van der Waals surface area contributed by atoms with Crippen molar-refractivity contribution in [1.29, 1.82) is 5.26 Å². The first-order valence-electron chi connectivity index (χ1n) is 5.76. The van der Waals surface area contributed by atoms with Crippen LogP contribution in [0.25, 0.3) is 0 Å².